The molecule has 0 radical (unpaired) electrons. The van der Waals surface area contributed by atoms with Gasteiger partial charge in [-0.2, -0.15) is 11.8 Å². The minimum Gasteiger partial charge on any atom is -0.469 e. The Hall–Kier alpha value is -1.55. The van der Waals surface area contributed by atoms with Crippen molar-refractivity contribution in [2.75, 3.05) is 7.11 Å². The fraction of sp³-hybridized carbons (Fsp3) is 0.375. The highest BCUT2D eigenvalue weighted by molar-refractivity contribution is 7.99. The number of esters is 1. The summed E-state index contributed by atoms with van der Waals surface area (Å²) in [6, 6.07) is 10.3. The van der Waals surface area contributed by atoms with Crippen LogP contribution in [0, 0.1) is 6.92 Å². The molecule has 0 saturated heterocycles. The first-order chi connectivity index (χ1) is 9.60. The van der Waals surface area contributed by atoms with Gasteiger partial charge in [0.2, 0.25) is 0 Å². The van der Waals surface area contributed by atoms with Gasteiger partial charge in [-0.3, -0.25) is 9.78 Å². The van der Waals surface area contributed by atoms with E-state index >= 15 is 0 Å². The summed E-state index contributed by atoms with van der Waals surface area (Å²) in [4.78, 5) is 15.8. The summed E-state index contributed by atoms with van der Waals surface area (Å²) >= 11 is 1.77. The average molecular weight is 289 g/mol. The van der Waals surface area contributed by atoms with Crippen LogP contribution in [0.4, 0.5) is 0 Å². The van der Waals surface area contributed by atoms with Crippen LogP contribution >= 0.6 is 11.8 Å². The smallest absolute Gasteiger partial charge is 0.306 e. The zero-order chi connectivity index (χ0) is 14.5. The van der Waals surface area contributed by atoms with E-state index in [1.807, 2.05) is 25.1 Å². The number of ether oxygens (including phenoxy) is 1. The van der Waals surface area contributed by atoms with E-state index in [9.17, 15) is 4.79 Å². The third-order valence-corrected chi connectivity index (χ3v) is 4.35. The van der Waals surface area contributed by atoms with Crippen LogP contribution < -0.4 is 0 Å². The molecule has 1 aromatic heterocycles. The molecular formula is C16H19NO2S. The number of carbonyl (C=O) groups excluding carboxylic acids is 1. The van der Waals surface area contributed by atoms with E-state index in [1.165, 1.54) is 18.1 Å². The lowest BCUT2D eigenvalue weighted by Gasteiger charge is -2.12. The van der Waals surface area contributed by atoms with Gasteiger partial charge in [-0.1, -0.05) is 25.1 Å². The lowest BCUT2D eigenvalue weighted by atomic mass is 10.1. The van der Waals surface area contributed by atoms with Gasteiger partial charge in [0.15, 0.2) is 0 Å². The number of para-hydroxylation sites is 1. The van der Waals surface area contributed by atoms with Crippen LogP contribution in [-0.4, -0.2) is 23.3 Å². The van der Waals surface area contributed by atoms with Crippen LogP contribution in [0.5, 0.6) is 0 Å². The number of carbonyl (C=O) groups is 1. The summed E-state index contributed by atoms with van der Waals surface area (Å²) in [5.41, 5.74) is 3.33. The van der Waals surface area contributed by atoms with Gasteiger partial charge in [-0.15, -0.1) is 0 Å². The number of hydrogen-bond acceptors (Lipinski definition) is 4. The molecule has 1 atom stereocenters. The van der Waals surface area contributed by atoms with Gasteiger partial charge < -0.3 is 4.74 Å². The standard InChI is InChI=1S/C16H19NO2S/c1-11-8-13(10-20-12(2)9-16(18)19-3)14-6-4-5-7-15(14)17-11/h4-8,12H,9-10H2,1-3H3. The van der Waals surface area contributed by atoms with Crippen LogP contribution in [0.25, 0.3) is 10.9 Å². The van der Waals surface area contributed by atoms with Crippen LogP contribution in [0.2, 0.25) is 0 Å². The molecule has 0 amide bonds. The molecule has 3 nitrogen and oxygen atoms in total. The molecule has 20 heavy (non-hydrogen) atoms. The van der Waals surface area contributed by atoms with Gasteiger partial charge in [-0.05, 0) is 24.6 Å². The summed E-state index contributed by atoms with van der Waals surface area (Å²) < 4.78 is 4.70. The topological polar surface area (TPSA) is 39.2 Å². The molecule has 0 aliphatic heterocycles. The number of fused-ring (bicyclic) bond motifs is 1. The second-order valence-corrected chi connectivity index (χ2v) is 6.27. The van der Waals surface area contributed by atoms with E-state index in [0.717, 1.165) is 17.0 Å². The Morgan fingerprint density at radius 2 is 2.15 bits per heavy atom. The summed E-state index contributed by atoms with van der Waals surface area (Å²) in [5.74, 6) is 0.725. The molecule has 0 bridgehead atoms. The Morgan fingerprint density at radius 1 is 1.40 bits per heavy atom. The number of thioether (sulfide) groups is 1. The highest BCUT2D eigenvalue weighted by atomic mass is 32.2. The monoisotopic (exact) mass is 289 g/mol. The van der Waals surface area contributed by atoms with E-state index in [2.05, 4.69) is 24.0 Å². The van der Waals surface area contributed by atoms with Crippen molar-refractivity contribution < 1.29 is 9.53 Å². The van der Waals surface area contributed by atoms with E-state index in [4.69, 9.17) is 4.74 Å². The van der Waals surface area contributed by atoms with Crippen molar-refractivity contribution in [2.24, 2.45) is 0 Å². The second-order valence-electron chi connectivity index (χ2n) is 4.84. The number of aromatic nitrogens is 1. The molecule has 106 valence electrons. The number of pyridine rings is 1. The Bertz CT molecular complexity index is 612. The van der Waals surface area contributed by atoms with E-state index in [-0.39, 0.29) is 11.2 Å². The maximum atomic E-state index is 11.3. The molecule has 0 N–H and O–H groups in total. The highest BCUT2D eigenvalue weighted by Crippen LogP contribution is 2.26. The molecule has 0 spiro atoms. The minimum atomic E-state index is -0.152. The van der Waals surface area contributed by atoms with E-state index in [1.54, 1.807) is 11.8 Å². The average Bonchev–Trinajstić information content (AvgIpc) is 2.44. The molecule has 1 heterocycles. The summed E-state index contributed by atoms with van der Waals surface area (Å²) in [6.07, 6.45) is 0.448. The number of benzene rings is 1. The van der Waals surface area contributed by atoms with Gasteiger partial charge in [0.1, 0.15) is 0 Å². The van der Waals surface area contributed by atoms with Gasteiger partial charge in [0.25, 0.3) is 0 Å². The first kappa shape index (κ1) is 14.9. The molecule has 0 aliphatic rings. The van der Waals surface area contributed by atoms with Crippen molar-refractivity contribution in [2.45, 2.75) is 31.3 Å². The van der Waals surface area contributed by atoms with Crippen molar-refractivity contribution in [1.29, 1.82) is 0 Å². The molecule has 4 heteroatoms. The third-order valence-electron chi connectivity index (χ3n) is 3.14. The maximum Gasteiger partial charge on any atom is 0.306 e. The fourth-order valence-electron chi connectivity index (χ4n) is 2.12. The Morgan fingerprint density at radius 3 is 2.90 bits per heavy atom. The lowest BCUT2D eigenvalue weighted by molar-refractivity contribution is -0.140. The molecule has 0 aliphatic carbocycles. The molecular weight excluding hydrogens is 270 g/mol. The van der Waals surface area contributed by atoms with Crippen molar-refractivity contribution in [3.63, 3.8) is 0 Å². The van der Waals surface area contributed by atoms with Gasteiger partial charge >= 0.3 is 5.97 Å². The van der Waals surface area contributed by atoms with E-state index < -0.39 is 0 Å². The van der Waals surface area contributed by atoms with Crippen molar-refractivity contribution in [1.82, 2.24) is 4.98 Å². The summed E-state index contributed by atoms with van der Waals surface area (Å²) in [5, 5.41) is 1.44. The predicted octanol–water partition coefficient (Wildman–Crippen LogP) is 3.73. The fourth-order valence-corrected chi connectivity index (χ4v) is 3.08. The zero-order valence-electron chi connectivity index (χ0n) is 12.1. The molecule has 2 aromatic rings. The largest absolute Gasteiger partial charge is 0.469 e. The van der Waals surface area contributed by atoms with Crippen LogP contribution in [0.15, 0.2) is 30.3 Å². The Balaban J connectivity index is 2.11. The summed E-state index contributed by atoms with van der Waals surface area (Å²) in [6.45, 7) is 4.07. The van der Waals surface area contributed by atoms with E-state index in [0.29, 0.717) is 6.42 Å². The molecule has 1 unspecified atom stereocenters. The molecule has 0 saturated carbocycles. The maximum absolute atomic E-state index is 11.3. The van der Waals surface area contributed by atoms with Gasteiger partial charge in [0.05, 0.1) is 19.0 Å². The number of hydrogen-bond donors (Lipinski definition) is 0. The number of rotatable bonds is 5. The first-order valence-corrected chi connectivity index (χ1v) is 7.68. The third kappa shape index (κ3) is 3.73. The normalized spacial score (nSPS) is 12.3. The number of methoxy groups -OCH3 is 1. The van der Waals surface area contributed by atoms with Crippen molar-refractivity contribution in [3.05, 3.63) is 41.6 Å². The highest BCUT2D eigenvalue weighted by Gasteiger charge is 2.11. The number of nitrogens with zero attached hydrogens (tertiary/aromatic N) is 1. The predicted molar refractivity (Wildman–Crippen MR) is 83.9 cm³/mol. The first-order valence-electron chi connectivity index (χ1n) is 6.64. The van der Waals surface area contributed by atoms with Crippen molar-refractivity contribution >= 4 is 28.6 Å². The summed E-state index contributed by atoms with van der Waals surface area (Å²) in [7, 11) is 1.43. The Labute approximate surface area is 123 Å². The van der Waals surface area contributed by atoms with Gasteiger partial charge in [-0.25, -0.2) is 0 Å². The number of aryl methyl sites for hydroxylation is 1. The van der Waals surface area contributed by atoms with Gasteiger partial charge in [0, 0.05) is 22.1 Å². The quantitative estimate of drug-likeness (QED) is 0.786. The lowest BCUT2D eigenvalue weighted by Crippen LogP contribution is -2.08. The second kappa shape index (κ2) is 6.75. The molecule has 1 aromatic carbocycles. The minimum absolute atomic E-state index is 0.152. The van der Waals surface area contributed by atoms with Crippen LogP contribution in [0.3, 0.4) is 0 Å². The Kier molecular flexibility index (Phi) is 5.01. The van der Waals surface area contributed by atoms with Crippen LogP contribution in [0.1, 0.15) is 24.6 Å². The molecule has 2 rings (SSSR count). The van der Waals surface area contributed by atoms with Crippen molar-refractivity contribution in [3.8, 4) is 0 Å². The molecule has 0 fully saturated rings. The zero-order valence-corrected chi connectivity index (χ0v) is 12.9. The SMILES string of the molecule is COC(=O)CC(C)SCc1cc(C)nc2ccccc12. The van der Waals surface area contributed by atoms with Crippen LogP contribution in [-0.2, 0) is 15.3 Å².